The minimum Gasteiger partial charge on any atom is -0.511 e. The summed E-state index contributed by atoms with van der Waals surface area (Å²) >= 11 is 0. The number of carbonyl (C=O) groups excluding carboxylic acids is 3. The molecule has 7 rings (SSSR count). The third-order valence-electron chi connectivity index (χ3n) is 15.7. The van der Waals surface area contributed by atoms with Crippen LogP contribution in [0.1, 0.15) is 110 Å². The summed E-state index contributed by atoms with van der Waals surface area (Å²) in [6, 6.07) is 1.78. The first-order valence-electron chi connectivity index (χ1n) is 22.5. The number of aryl methyl sites for hydroxylation is 1. The van der Waals surface area contributed by atoms with E-state index < -0.39 is 106 Å². The van der Waals surface area contributed by atoms with Crippen molar-refractivity contribution >= 4 is 23.6 Å². The summed E-state index contributed by atoms with van der Waals surface area (Å²) in [6.07, 6.45) is 5.40. The smallest absolute Gasteiger partial charge is 0.346 e. The van der Waals surface area contributed by atoms with E-state index in [-0.39, 0.29) is 35.0 Å². The van der Waals surface area contributed by atoms with Crippen molar-refractivity contribution in [2.45, 2.75) is 143 Å². The fourth-order valence-corrected chi connectivity index (χ4v) is 12.7. The Bertz CT molecular complexity index is 2280. The number of rotatable bonds is 6. The van der Waals surface area contributed by atoms with Crippen molar-refractivity contribution in [2.75, 3.05) is 7.11 Å². The summed E-state index contributed by atoms with van der Waals surface area (Å²) in [6.45, 7) is 18.0. The second kappa shape index (κ2) is 16.6. The first-order chi connectivity index (χ1) is 29.8. The fourth-order valence-electron chi connectivity index (χ4n) is 12.7. The molecule has 2 saturated heterocycles. The Kier molecular flexibility index (Phi) is 12.2. The molecule has 14 nitrogen and oxygen atoms in total. The molecular formula is C50H65NO13. The van der Waals surface area contributed by atoms with Crippen LogP contribution in [0.4, 0.5) is 0 Å². The number of methoxy groups -OCH3 is 1. The Morgan fingerprint density at radius 1 is 0.969 bits per heavy atom. The van der Waals surface area contributed by atoms with Gasteiger partial charge in [0.25, 0.3) is 5.91 Å². The van der Waals surface area contributed by atoms with E-state index in [9.17, 15) is 39.9 Å². The Morgan fingerprint density at radius 2 is 1.66 bits per heavy atom. The van der Waals surface area contributed by atoms with Crippen LogP contribution in [0.25, 0.3) is 0 Å². The van der Waals surface area contributed by atoms with E-state index in [2.05, 4.69) is 24.4 Å². The minimum absolute atomic E-state index is 0.0168. The van der Waals surface area contributed by atoms with Gasteiger partial charge >= 0.3 is 11.9 Å². The quantitative estimate of drug-likeness (QED) is 0.0995. The first-order valence-corrected chi connectivity index (χ1v) is 22.5. The van der Waals surface area contributed by atoms with E-state index in [0.29, 0.717) is 37.0 Å². The second-order valence-electron chi connectivity index (χ2n) is 20.2. The number of ketones is 1. The van der Waals surface area contributed by atoms with Gasteiger partial charge in [0.1, 0.15) is 34.5 Å². The number of hydrogen-bond acceptors (Lipinski definition) is 12. The monoisotopic (exact) mass is 887 g/mol. The highest BCUT2D eigenvalue weighted by atomic mass is 16.7. The molecule has 6 N–H and O–H groups in total. The highest BCUT2D eigenvalue weighted by Crippen LogP contribution is 2.62. The van der Waals surface area contributed by atoms with Crippen LogP contribution >= 0.6 is 0 Å². The summed E-state index contributed by atoms with van der Waals surface area (Å²) in [4.78, 5) is 55.6. The number of fused-ring (bicyclic) bond motifs is 4. The summed E-state index contributed by atoms with van der Waals surface area (Å²) in [5, 5.41) is 60.3. The van der Waals surface area contributed by atoms with Crippen LogP contribution in [0, 0.1) is 47.3 Å². The molecule has 1 aromatic rings. The Balaban J connectivity index is 1.26. The maximum absolute atomic E-state index is 15.2. The van der Waals surface area contributed by atoms with E-state index in [1.54, 1.807) is 39.8 Å². The van der Waals surface area contributed by atoms with Crippen molar-refractivity contribution in [2.24, 2.45) is 40.4 Å². The van der Waals surface area contributed by atoms with Gasteiger partial charge in [-0.05, 0) is 104 Å². The van der Waals surface area contributed by atoms with Crippen molar-refractivity contribution in [3.8, 4) is 11.5 Å². The number of hydrogen-bond donors (Lipinski definition) is 6. The summed E-state index contributed by atoms with van der Waals surface area (Å²) in [5.41, 5.74) is -3.52. The molecule has 14 heteroatoms. The number of phenols is 1. The molecule has 3 fully saturated rings. The molecule has 1 saturated carbocycles. The Labute approximate surface area is 375 Å². The number of esters is 1. The minimum atomic E-state index is -1.97. The number of carboxylic acids is 1. The zero-order chi connectivity index (χ0) is 47.2. The number of nitrogens with one attached hydrogen (secondary N) is 1. The highest BCUT2D eigenvalue weighted by molar-refractivity contribution is 6.26. The third kappa shape index (κ3) is 7.32. The van der Waals surface area contributed by atoms with Crippen molar-refractivity contribution in [3.63, 3.8) is 0 Å². The van der Waals surface area contributed by atoms with E-state index >= 15 is 4.79 Å². The highest BCUT2D eigenvalue weighted by Gasteiger charge is 2.67. The number of carbonyl (C=O) groups is 4. The molecular weight excluding hydrogens is 823 g/mol. The molecule has 348 valence electrons. The average molecular weight is 888 g/mol. The van der Waals surface area contributed by atoms with Gasteiger partial charge in [-0.2, -0.15) is 0 Å². The number of benzene rings is 1. The Hall–Kier alpha value is -4.76. The zero-order valence-corrected chi connectivity index (χ0v) is 38.8. The van der Waals surface area contributed by atoms with Crippen molar-refractivity contribution in [3.05, 3.63) is 81.2 Å². The van der Waals surface area contributed by atoms with Gasteiger partial charge in [0.15, 0.2) is 11.9 Å². The molecule has 1 amide bonds. The molecule has 14 atom stereocenters. The molecule has 1 spiro atoms. The maximum Gasteiger partial charge on any atom is 0.346 e. The average Bonchev–Trinajstić information content (AvgIpc) is 3.45. The predicted molar refractivity (Wildman–Crippen MR) is 235 cm³/mol. The van der Waals surface area contributed by atoms with E-state index in [1.165, 1.54) is 20.1 Å². The van der Waals surface area contributed by atoms with Crippen LogP contribution in [0.3, 0.4) is 0 Å². The second-order valence-corrected chi connectivity index (χ2v) is 20.2. The number of Topliss-reactive ketones (excluding diaryl/α,β-unsaturated/α-hetero) is 1. The van der Waals surface area contributed by atoms with Crippen LogP contribution < -0.4 is 10.1 Å². The molecule has 0 radical (unpaired) electrons. The SMILES string of the molecule is COc1cc(C)c(C(=O)N[C@@H]2[C@H](C)O[C@H](O[C@@H]3CC[C@H](C)[C@@H]4[C@@H]3C=C(C)[C@@H]3/C(C)=C/CC/C(C)=C/[C@]5(C)C=C(C(=O)O)[C@H](C)C[C@@]56OC(=O)C(=C(O)[C@@]43C)C6=O)[C@H](O)[C@]2(C)O)c(O)c1. The van der Waals surface area contributed by atoms with Crippen molar-refractivity contribution in [1.82, 2.24) is 5.32 Å². The van der Waals surface area contributed by atoms with Crippen molar-refractivity contribution < 1.29 is 63.7 Å². The summed E-state index contributed by atoms with van der Waals surface area (Å²) in [5.74, 6) is -5.78. The van der Waals surface area contributed by atoms with Gasteiger partial charge in [-0.25, -0.2) is 9.59 Å². The normalized spacial score (nSPS) is 41.7. The van der Waals surface area contributed by atoms with Crippen molar-refractivity contribution in [1.29, 1.82) is 0 Å². The topological polar surface area (TPSA) is 218 Å². The van der Waals surface area contributed by atoms with Gasteiger partial charge in [-0.15, -0.1) is 0 Å². The number of aliphatic carboxylic acids is 1. The number of ether oxygens (including phenoxy) is 4. The third-order valence-corrected chi connectivity index (χ3v) is 15.7. The first kappa shape index (κ1) is 47.2. The number of phenolic OH excluding ortho intramolecular Hbond substituents is 1. The number of aromatic hydroxyl groups is 1. The lowest BCUT2D eigenvalue weighted by Crippen LogP contribution is -2.70. The lowest BCUT2D eigenvalue weighted by molar-refractivity contribution is -0.315. The van der Waals surface area contributed by atoms with Crippen LogP contribution in [0.2, 0.25) is 0 Å². The van der Waals surface area contributed by atoms with Gasteiger partial charge in [0.05, 0.1) is 36.3 Å². The van der Waals surface area contributed by atoms with Crippen LogP contribution in [-0.4, -0.2) is 98.1 Å². The van der Waals surface area contributed by atoms with Gasteiger partial charge in [-0.1, -0.05) is 61.8 Å². The molecule has 2 bridgehead atoms. The number of allylic oxidation sites excluding steroid dienone is 5. The van der Waals surface area contributed by atoms with E-state index in [0.717, 1.165) is 16.7 Å². The summed E-state index contributed by atoms with van der Waals surface area (Å²) in [7, 11) is 1.44. The lowest BCUT2D eigenvalue weighted by atomic mass is 9.49. The molecule has 1 aromatic carbocycles. The van der Waals surface area contributed by atoms with Gasteiger partial charge < -0.3 is 49.8 Å². The largest absolute Gasteiger partial charge is 0.511 e. The van der Waals surface area contributed by atoms with Crippen LogP contribution in [0.15, 0.2) is 70.1 Å². The number of carboxylic acid groups (broad SMARTS) is 1. The lowest BCUT2D eigenvalue weighted by Gasteiger charge is -2.57. The number of aliphatic hydroxyl groups is 3. The molecule has 2 heterocycles. The van der Waals surface area contributed by atoms with Gasteiger partial charge in [0, 0.05) is 35.3 Å². The van der Waals surface area contributed by atoms with E-state index in [4.69, 9.17) is 18.9 Å². The molecule has 2 aliphatic heterocycles. The number of amides is 1. The molecule has 6 aliphatic rings. The molecule has 0 unspecified atom stereocenters. The van der Waals surface area contributed by atoms with Crippen LogP contribution in [0.5, 0.6) is 11.5 Å². The van der Waals surface area contributed by atoms with Gasteiger partial charge in [0.2, 0.25) is 5.78 Å². The van der Waals surface area contributed by atoms with Crippen LogP contribution in [-0.2, 0) is 28.6 Å². The standard InChI is InChI=1S/C50H65NO13/c1-23-13-12-14-24(2)37-27(5)18-31-34(63-46-42(55)49(10,60)39(29(7)62-46)51-43(56)35-26(4)17-30(61-11)19-33(35)52)16-15-25(3)38(31)48(37,9)40(53)36-41(54)50(64-45(36)59)21-28(6)32(44(57)58)22-47(50,8)20-23/h14,17-20,22,25,28-29,31,34,37-39,42,46,52-53,55,60H,12-13,15-16,21H2,1-11H3,(H,51,56)(H,57,58)/b23-20+,24-14+,40-36?/t25-,28+,29-,31+,34+,37-,38+,39+,42-,46+,47+,48+,49+,50-/m0/s1. The zero-order valence-electron chi connectivity index (χ0n) is 38.8. The van der Waals surface area contributed by atoms with E-state index in [1.807, 2.05) is 33.8 Å². The molecule has 64 heavy (non-hydrogen) atoms. The predicted octanol–water partition coefficient (Wildman–Crippen LogP) is 6.71. The maximum atomic E-state index is 15.2. The van der Waals surface area contributed by atoms with Gasteiger partial charge in [-0.3, -0.25) is 9.59 Å². The Morgan fingerprint density at radius 3 is 2.30 bits per heavy atom. The number of aliphatic hydroxyl groups excluding tert-OH is 2. The fraction of sp³-hybridized carbons (Fsp3) is 0.600. The molecule has 0 aromatic heterocycles. The summed E-state index contributed by atoms with van der Waals surface area (Å²) < 4.78 is 24.4. The molecule has 4 aliphatic carbocycles.